The van der Waals surface area contributed by atoms with E-state index in [0.29, 0.717) is 18.1 Å². The van der Waals surface area contributed by atoms with Crippen molar-refractivity contribution in [2.75, 3.05) is 11.1 Å². The van der Waals surface area contributed by atoms with Crippen LogP contribution in [0.25, 0.3) is 0 Å². The second kappa shape index (κ2) is 5.30. The number of carbonyl (C=O) groups excluding carboxylic acids is 1. The first-order valence-electron chi connectivity index (χ1n) is 5.63. The van der Waals surface area contributed by atoms with Gasteiger partial charge in [0.15, 0.2) is 0 Å². The molecule has 0 fully saturated rings. The molecular weight excluding hydrogens is 244 g/mol. The van der Waals surface area contributed by atoms with E-state index in [1.165, 1.54) is 12.3 Å². The lowest BCUT2D eigenvalue weighted by atomic mass is 10.2. The lowest BCUT2D eigenvalue weighted by molar-refractivity contribution is 0.100. The maximum Gasteiger partial charge on any atom is 0.252 e. The van der Waals surface area contributed by atoms with Crippen molar-refractivity contribution in [2.24, 2.45) is 5.73 Å². The first-order valence-corrected chi connectivity index (χ1v) is 5.63. The van der Waals surface area contributed by atoms with Crippen LogP contribution in [0.4, 0.5) is 11.5 Å². The van der Waals surface area contributed by atoms with E-state index in [4.69, 9.17) is 11.5 Å². The number of nitrogen functional groups attached to an aromatic ring is 1. The van der Waals surface area contributed by atoms with Gasteiger partial charge in [-0.1, -0.05) is 0 Å². The van der Waals surface area contributed by atoms with Gasteiger partial charge in [0, 0.05) is 6.20 Å². The molecule has 0 aliphatic carbocycles. The minimum Gasteiger partial charge on any atom is -0.397 e. The van der Waals surface area contributed by atoms with Crippen molar-refractivity contribution in [1.82, 2.24) is 15.0 Å². The molecule has 0 unspecified atom stereocenters. The third-order valence-electron chi connectivity index (χ3n) is 2.45. The number of nitrogens with two attached hydrogens (primary N) is 2. The van der Waals surface area contributed by atoms with Crippen LogP contribution in [-0.4, -0.2) is 20.9 Å². The highest BCUT2D eigenvalue weighted by Gasteiger charge is 2.10. The van der Waals surface area contributed by atoms with Crippen molar-refractivity contribution in [3.63, 3.8) is 0 Å². The van der Waals surface area contributed by atoms with E-state index in [9.17, 15) is 4.79 Å². The van der Waals surface area contributed by atoms with E-state index in [2.05, 4.69) is 20.3 Å². The van der Waals surface area contributed by atoms with Gasteiger partial charge in [-0.05, 0) is 13.0 Å². The Hall–Kier alpha value is -2.70. The van der Waals surface area contributed by atoms with Gasteiger partial charge in [-0.2, -0.15) is 0 Å². The Morgan fingerprint density at radius 2 is 2.05 bits per heavy atom. The maximum absolute atomic E-state index is 11.3. The van der Waals surface area contributed by atoms with Gasteiger partial charge in [0.25, 0.3) is 5.91 Å². The summed E-state index contributed by atoms with van der Waals surface area (Å²) in [5, 5.41) is 2.99. The molecule has 0 spiro atoms. The zero-order valence-electron chi connectivity index (χ0n) is 10.4. The van der Waals surface area contributed by atoms with Gasteiger partial charge >= 0.3 is 0 Å². The quantitative estimate of drug-likeness (QED) is 0.733. The summed E-state index contributed by atoms with van der Waals surface area (Å²) >= 11 is 0. The molecule has 2 rings (SSSR count). The molecular formula is C12H14N6O. The Bertz CT molecular complexity index is 596. The Labute approximate surface area is 110 Å². The van der Waals surface area contributed by atoms with Crippen molar-refractivity contribution in [3.8, 4) is 0 Å². The second-order valence-corrected chi connectivity index (χ2v) is 4.03. The van der Waals surface area contributed by atoms with Crippen molar-refractivity contribution in [3.05, 3.63) is 41.6 Å². The van der Waals surface area contributed by atoms with Crippen LogP contribution in [0.3, 0.4) is 0 Å². The van der Waals surface area contributed by atoms with Crippen LogP contribution < -0.4 is 16.8 Å². The molecule has 2 aromatic heterocycles. The number of aromatic nitrogens is 3. The highest BCUT2D eigenvalue weighted by molar-refractivity contribution is 5.98. The van der Waals surface area contributed by atoms with Gasteiger partial charge in [0.1, 0.15) is 5.82 Å². The maximum atomic E-state index is 11.3. The van der Waals surface area contributed by atoms with Crippen LogP contribution >= 0.6 is 0 Å². The Morgan fingerprint density at radius 1 is 1.26 bits per heavy atom. The molecule has 0 saturated carbocycles. The number of rotatable bonds is 4. The van der Waals surface area contributed by atoms with Gasteiger partial charge in [-0.3, -0.25) is 14.8 Å². The van der Waals surface area contributed by atoms with E-state index >= 15 is 0 Å². The molecule has 0 aromatic carbocycles. The number of nitrogens with one attached hydrogen (secondary N) is 1. The molecule has 5 N–H and O–H groups in total. The fraction of sp³-hybridized carbons (Fsp3) is 0.167. The van der Waals surface area contributed by atoms with Gasteiger partial charge in [-0.25, -0.2) is 4.98 Å². The number of hydrogen-bond acceptors (Lipinski definition) is 6. The average molecular weight is 258 g/mol. The third kappa shape index (κ3) is 3.15. The zero-order chi connectivity index (χ0) is 13.8. The number of carbonyl (C=O) groups is 1. The van der Waals surface area contributed by atoms with E-state index < -0.39 is 5.91 Å². The molecule has 0 aliphatic rings. The standard InChI is InChI=1S/C12H14N6O/c1-7-3-16-9(5-15-7)6-18-12-10(11(14)19)2-8(13)4-17-12/h2-5H,6,13H2,1H3,(H2,14,19)(H,17,18). The summed E-state index contributed by atoms with van der Waals surface area (Å²) in [4.78, 5) is 23.7. The fourth-order valence-corrected chi connectivity index (χ4v) is 1.49. The Kier molecular flexibility index (Phi) is 3.56. The minimum atomic E-state index is -0.586. The molecule has 7 nitrogen and oxygen atoms in total. The molecule has 2 heterocycles. The van der Waals surface area contributed by atoms with E-state index in [1.807, 2.05) is 6.92 Å². The Morgan fingerprint density at radius 3 is 2.68 bits per heavy atom. The zero-order valence-corrected chi connectivity index (χ0v) is 10.4. The molecule has 1 amide bonds. The molecule has 0 radical (unpaired) electrons. The molecule has 98 valence electrons. The smallest absolute Gasteiger partial charge is 0.252 e. The SMILES string of the molecule is Cc1cnc(CNc2ncc(N)cc2C(N)=O)cn1. The highest BCUT2D eigenvalue weighted by atomic mass is 16.1. The van der Waals surface area contributed by atoms with E-state index in [-0.39, 0.29) is 5.56 Å². The predicted molar refractivity (Wildman–Crippen MR) is 71.3 cm³/mol. The van der Waals surface area contributed by atoms with Crippen molar-refractivity contribution in [2.45, 2.75) is 13.5 Å². The molecule has 19 heavy (non-hydrogen) atoms. The molecule has 0 saturated heterocycles. The van der Waals surface area contributed by atoms with Crippen molar-refractivity contribution in [1.29, 1.82) is 0 Å². The second-order valence-electron chi connectivity index (χ2n) is 4.03. The molecule has 0 atom stereocenters. The summed E-state index contributed by atoms with van der Waals surface area (Å²) in [6, 6.07) is 1.48. The summed E-state index contributed by atoms with van der Waals surface area (Å²) in [7, 11) is 0. The summed E-state index contributed by atoms with van der Waals surface area (Å²) in [5.41, 5.74) is 13.0. The first kappa shape index (κ1) is 12.7. The number of primary amides is 1. The van der Waals surface area contributed by atoms with E-state index in [1.54, 1.807) is 12.4 Å². The Balaban J connectivity index is 2.15. The molecule has 0 bridgehead atoms. The van der Waals surface area contributed by atoms with Gasteiger partial charge in [0.2, 0.25) is 0 Å². The van der Waals surface area contributed by atoms with Gasteiger partial charge < -0.3 is 16.8 Å². The highest BCUT2D eigenvalue weighted by Crippen LogP contribution is 2.15. The van der Waals surface area contributed by atoms with Crippen LogP contribution in [-0.2, 0) is 6.54 Å². The number of hydrogen-bond donors (Lipinski definition) is 3. The van der Waals surface area contributed by atoms with Crippen molar-refractivity contribution >= 4 is 17.4 Å². The van der Waals surface area contributed by atoms with Crippen LogP contribution in [0.5, 0.6) is 0 Å². The lowest BCUT2D eigenvalue weighted by Gasteiger charge is -2.09. The van der Waals surface area contributed by atoms with E-state index in [0.717, 1.165) is 11.4 Å². The third-order valence-corrected chi connectivity index (χ3v) is 2.45. The number of amides is 1. The predicted octanol–water partition coefficient (Wildman–Crippen LogP) is 0.473. The summed E-state index contributed by atoms with van der Waals surface area (Å²) in [5.74, 6) is -0.207. The number of nitrogens with zero attached hydrogens (tertiary/aromatic N) is 3. The molecule has 7 heteroatoms. The summed E-state index contributed by atoms with van der Waals surface area (Å²) < 4.78 is 0. The number of pyridine rings is 1. The normalized spacial score (nSPS) is 10.2. The lowest BCUT2D eigenvalue weighted by Crippen LogP contribution is -2.16. The van der Waals surface area contributed by atoms with Crippen molar-refractivity contribution < 1.29 is 4.79 Å². The molecule has 2 aromatic rings. The van der Waals surface area contributed by atoms with Crippen LogP contribution in [0.15, 0.2) is 24.7 Å². The minimum absolute atomic E-state index is 0.250. The average Bonchev–Trinajstić information content (AvgIpc) is 2.39. The van der Waals surface area contributed by atoms with Gasteiger partial charge in [0.05, 0.1) is 41.6 Å². The van der Waals surface area contributed by atoms with Crippen LogP contribution in [0.1, 0.15) is 21.7 Å². The van der Waals surface area contributed by atoms with Gasteiger partial charge in [-0.15, -0.1) is 0 Å². The first-order chi connectivity index (χ1) is 9.06. The molecule has 0 aliphatic heterocycles. The fourth-order valence-electron chi connectivity index (χ4n) is 1.49. The summed E-state index contributed by atoms with van der Waals surface area (Å²) in [6.45, 7) is 2.25. The summed E-state index contributed by atoms with van der Waals surface area (Å²) in [6.07, 6.45) is 4.78. The van der Waals surface area contributed by atoms with Crippen LogP contribution in [0, 0.1) is 6.92 Å². The number of aryl methyl sites for hydroxylation is 1. The topological polar surface area (TPSA) is 120 Å². The van der Waals surface area contributed by atoms with Crippen LogP contribution in [0.2, 0.25) is 0 Å². The monoisotopic (exact) mass is 258 g/mol. The number of anilines is 2. The largest absolute Gasteiger partial charge is 0.397 e.